The van der Waals surface area contributed by atoms with Crippen LogP contribution in [0.4, 0.5) is 10.5 Å². The van der Waals surface area contributed by atoms with Crippen molar-refractivity contribution >= 4 is 17.6 Å². The van der Waals surface area contributed by atoms with Gasteiger partial charge in [-0.15, -0.1) is 0 Å². The number of nitrogens with two attached hydrogens (primary N) is 1. The molecule has 0 saturated carbocycles. The smallest absolute Gasteiger partial charge is 0.324 e. The quantitative estimate of drug-likeness (QED) is 0.378. The van der Waals surface area contributed by atoms with Crippen molar-refractivity contribution < 1.29 is 10.0 Å². The summed E-state index contributed by atoms with van der Waals surface area (Å²) in [5, 5.41) is 11.6. The molecule has 1 heterocycles. The van der Waals surface area contributed by atoms with Gasteiger partial charge in [0, 0.05) is 31.4 Å². The number of anilines is 1. The van der Waals surface area contributed by atoms with E-state index in [1.807, 2.05) is 4.90 Å². The zero-order valence-corrected chi connectivity index (χ0v) is 12.5. The van der Waals surface area contributed by atoms with Crippen LogP contribution < -0.4 is 10.6 Å². The number of piperidine rings is 1. The fourth-order valence-corrected chi connectivity index (χ4v) is 2.60. The van der Waals surface area contributed by atoms with Gasteiger partial charge in [0.2, 0.25) is 0 Å². The highest BCUT2D eigenvalue weighted by Crippen LogP contribution is 2.20. The van der Waals surface area contributed by atoms with Gasteiger partial charge in [0.1, 0.15) is 0 Å². The van der Waals surface area contributed by atoms with Crippen molar-refractivity contribution in [1.82, 2.24) is 4.90 Å². The van der Waals surface area contributed by atoms with E-state index in [1.54, 1.807) is 36.2 Å². The van der Waals surface area contributed by atoms with E-state index in [-0.39, 0.29) is 11.9 Å². The minimum Gasteiger partial charge on any atom is -0.409 e. The number of hydrogen-bond donors (Lipinski definition) is 2. The zero-order valence-electron chi connectivity index (χ0n) is 12.5. The maximum atomic E-state index is 12.5. The summed E-state index contributed by atoms with van der Waals surface area (Å²) in [5.74, 6) is 0.611. The molecule has 1 unspecified atom stereocenters. The minimum absolute atomic E-state index is 0.0121. The molecule has 6 nitrogen and oxygen atoms in total. The van der Waals surface area contributed by atoms with Gasteiger partial charge < -0.3 is 15.8 Å². The second-order valence-corrected chi connectivity index (χ2v) is 5.57. The summed E-state index contributed by atoms with van der Waals surface area (Å²) < 4.78 is 0. The van der Waals surface area contributed by atoms with Gasteiger partial charge in [-0.25, -0.2) is 4.79 Å². The summed E-state index contributed by atoms with van der Waals surface area (Å²) in [6, 6.07) is 7.05. The van der Waals surface area contributed by atoms with Crippen molar-refractivity contribution in [2.24, 2.45) is 16.8 Å². The van der Waals surface area contributed by atoms with Gasteiger partial charge in [0.15, 0.2) is 5.84 Å². The first-order valence-corrected chi connectivity index (χ1v) is 7.13. The maximum Gasteiger partial charge on any atom is 0.324 e. The average Bonchev–Trinajstić information content (AvgIpc) is 2.53. The molecule has 2 amide bonds. The lowest BCUT2D eigenvalue weighted by Crippen LogP contribution is -2.45. The molecule has 6 heteroatoms. The monoisotopic (exact) mass is 290 g/mol. The van der Waals surface area contributed by atoms with Crippen LogP contribution in [-0.4, -0.2) is 42.1 Å². The minimum atomic E-state index is 0.0121. The Morgan fingerprint density at radius 3 is 2.67 bits per heavy atom. The Balaban J connectivity index is 2.08. The lowest BCUT2D eigenvalue weighted by molar-refractivity contribution is 0.177. The number of carbonyl (C=O) groups excluding carboxylic acids is 1. The van der Waals surface area contributed by atoms with E-state index in [0.717, 1.165) is 25.2 Å². The van der Waals surface area contributed by atoms with Crippen molar-refractivity contribution in [1.29, 1.82) is 0 Å². The average molecular weight is 290 g/mol. The summed E-state index contributed by atoms with van der Waals surface area (Å²) in [6.45, 7) is 3.80. The third kappa shape index (κ3) is 3.45. The Morgan fingerprint density at radius 1 is 1.43 bits per heavy atom. The first-order valence-electron chi connectivity index (χ1n) is 7.13. The Bertz CT molecular complexity index is 527. The standard InChI is InChI=1S/C15H22N4O2/c1-11-4-3-9-19(10-11)15(20)18(2)13-7-5-12(6-8-13)14(16)17-21/h5-8,11,21H,3-4,9-10H2,1-2H3,(H2,16,17). The number of rotatable bonds is 2. The molecule has 2 rings (SSSR count). The van der Waals surface area contributed by atoms with Crippen LogP contribution in [0.15, 0.2) is 29.4 Å². The molecule has 0 aromatic heterocycles. The van der Waals surface area contributed by atoms with E-state index in [9.17, 15) is 4.79 Å². The maximum absolute atomic E-state index is 12.5. The van der Waals surface area contributed by atoms with E-state index in [4.69, 9.17) is 10.9 Å². The van der Waals surface area contributed by atoms with Crippen LogP contribution >= 0.6 is 0 Å². The molecule has 1 aromatic carbocycles. The first kappa shape index (κ1) is 15.2. The summed E-state index contributed by atoms with van der Waals surface area (Å²) in [5.41, 5.74) is 6.93. The van der Waals surface area contributed by atoms with Crippen molar-refractivity contribution in [3.8, 4) is 0 Å². The van der Waals surface area contributed by atoms with Crippen LogP contribution in [0.5, 0.6) is 0 Å². The summed E-state index contributed by atoms with van der Waals surface area (Å²) in [4.78, 5) is 16.0. The molecule has 1 saturated heterocycles. The van der Waals surface area contributed by atoms with Gasteiger partial charge >= 0.3 is 6.03 Å². The van der Waals surface area contributed by atoms with Crippen molar-refractivity contribution in [2.45, 2.75) is 19.8 Å². The van der Waals surface area contributed by atoms with Gasteiger partial charge in [-0.05, 0) is 43.0 Å². The summed E-state index contributed by atoms with van der Waals surface area (Å²) >= 11 is 0. The van der Waals surface area contributed by atoms with Gasteiger partial charge in [-0.2, -0.15) is 0 Å². The number of benzene rings is 1. The SMILES string of the molecule is CC1CCCN(C(=O)N(C)c2ccc(C(N)=NO)cc2)C1. The molecule has 3 N–H and O–H groups in total. The number of nitrogens with zero attached hydrogens (tertiary/aromatic N) is 3. The van der Waals surface area contributed by atoms with E-state index < -0.39 is 0 Å². The zero-order chi connectivity index (χ0) is 15.4. The molecule has 114 valence electrons. The molecular formula is C15H22N4O2. The first-order chi connectivity index (χ1) is 10.0. The predicted molar refractivity (Wildman–Crippen MR) is 82.7 cm³/mol. The number of carbonyl (C=O) groups is 1. The number of oxime groups is 1. The number of likely N-dealkylation sites (tertiary alicyclic amines) is 1. The number of urea groups is 1. The molecule has 0 radical (unpaired) electrons. The van der Waals surface area contributed by atoms with E-state index in [1.165, 1.54) is 6.42 Å². The van der Waals surface area contributed by atoms with E-state index in [0.29, 0.717) is 11.5 Å². The Hall–Kier alpha value is -2.24. The van der Waals surface area contributed by atoms with Crippen LogP contribution in [0.25, 0.3) is 0 Å². The molecule has 0 bridgehead atoms. The topological polar surface area (TPSA) is 82.2 Å². The highest BCUT2D eigenvalue weighted by Gasteiger charge is 2.24. The molecule has 0 spiro atoms. The van der Waals surface area contributed by atoms with Crippen molar-refractivity contribution in [2.75, 3.05) is 25.0 Å². The lowest BCUT2D eigenvalue weighted by Gasteiger charge is -2.34. The van der Waals surface area contributed by atoms with Gasteiger partial charge in [0.25, 0.3) is 0 Å². The number of amides is 2. The molecular weight excluding hydrogens is 268 g/mol. The third-order valence-corrected chi connectivity index (χ3v) is 3.87. The van der Waals surface area contributed by atoms with Gasteiger partial charge in [-0.1, -0.05) is 12.1 Å². The van der Waals surface area contributed by atoms with Crippen LogP contribution in [-0.2, 0) is 0 Å². The molecule has 21 heavy (non-hydrogen) atoms. The van der Waals surface area contributed by atoms with Crippen LogP contribution in [0.3, 0.4) is 0 Å². The van der Waals surface area contributed by atoms with Crippen LogP contribution in [0, 0.1) is 5.92 Å². The Labute approximate surface area is 124 Å². The molecule has 1 aliphatic rings. The highest BCUT2D eigenvalue weighted by atomic mass is 16.4. The molecule has 1 fully saturated rings. The second-order valence-electron chi connectivity index (χ2n) is 5.57. The van der Waals surface area contributed by atoms with E-state index in [2.05, 4.69) is 12.1 Å². The fraction of sp³-hybridized carbons (Fsp3) is 0.467. The van der Waals surface area contributed by atoms with Crippen molar-refractivity contribution in [3.63, 3.8) is 0 Å². The van der Waals surface area contributed by atoms with Crippen LogP contribution in [0.1, 0.15) is 25.3 Å². The molecule has 1 aliphatic heterocycles. The number of amidine groups is 1. The summed E-state index contributed by atoms with van der Waals surface area (Å²) in [7, 11) is 1.76. The second kappa shape index (κ2) is 6.47. The third-order valence-electron chi connectivity index (χ3n) is 3.87. The predicted octanol–water partition coefficient (Wildman–Crippen LogP) is 2.07. The molecule has 1 atom stereocenters. The Morgan fingerprint density at radius 2 is 2.10 bits per heavy atom. The number of hydrogen-bond acceptors (Lipinski definition) is 3. The highest BCUT2D eigenvalue weighted by molar-refractivity contribution is 5.98. The fourth-order valence-electron chi connectivity index (χ4n) is 2.60. The molecule has 1 aromatic rings. The van der Waals surface area contributed by atoms with Gasteiger partial charge in [0.05, 0.1) is 0 Å². The normalized spacial score (nSPS) is 19.4. The van der Waals surface area contributed by atoms with Crippen molar-refractivity contribution in [3.05, 3.63) is 29.8 Å². The van der Waals surface area contributed by atoms with E-state index >= 15 is 0 Å². The largest absolute Gasteiger partial charge is 0.409 e. The van der Waals surface area contributed by atoms with Gasteiger partial charge in [-0.3, -0.25) is 4.90 Å². The summed E-state index contributed by atoms with van der Waals surface area (Å²) in [6.07, 6.45) is 2.24. The van der Waals surface area contributed by atoms with Crippen LogP contribution in [0.2, 0.25) is 0 Å². The lowest BCUT2D eigenvalue weighted by atomic mass is 10.0. The molecule has 0 aliphatic carbocycles. The Kier molecular flexibility index (Phi) is 4.67.